The summed E-state index contributed by atoms with van der Waals surface area (Å²) >= 11 is 0. The number of nitrogens with two attached hydrogens (primary N) is 1. The highest BCUT2D eigenvalue weighted by molar-refractivity contribution is 5.49. The lowest BCUT2D eigenvalue weighted by Gasteiger charge is -2.36. The molecular weight excluding hydrogens is 192 g/mol. The first kappa shape index (κ1) is 8.91. The van der Waals surface area contributed by atoms with E-state index in [1.807, 2.05) is 4.90 Å². The molecule has 2 heterocycles. The van der Waals surface area contributed by atoms with Crippen LogP contribution in [0.5, 0.6) is 0 Å². The Morgan fingerprint density at radius 2 is 2.07 bits per heavy atom. The van der Waals surface area contributed by atoms with Crippen LogP contribution in [0.1, 0.15) is 24.6 Å². The predicted molar refractivity (Wildman–Crippen MR) is 56.6 cm³/mol. The van der Waals surface area contributed by atoms with E-state index in [1.54, 1.807) is 6.07 Å². The van der Waals surface area contributed by atoms with Gasteiger partial charge in [0.05, 0.1) is 6.10 Å². The standard InChI is InChI=1S/C10H14N4O/c11-8-3-9(14-4-7(15)5-14)13-10(12-8)6-1-2-6/h3,6-7,15H,1-2,4-5H2,(H2,11,12,13). The van der Waals surface area contributed by atoms with E-state index in [0.29, 0.717) is 24.8 Å². The van der Waals surface area contributed by atoms with Gasteiger partial charge in [0.15, 0.2) is 0 Å². The molecule has 2 fully saturated rings. The van der Waals surface area contributed by atoms with Gasteiger partial charge in [0, 0.05) is 25.1 Å². The van der Waals surface area contributed by atoms with E-state index in [4.69, 9.17) is 5.73 Å². The minimum atomic E-state index is -0.217. The molecule has 5 nitrogen and oxygen atoms in total. The summed E-state index contributed by atoms with van der Waals surface area (Å²) in [6.07, 6.45) is 2.13. The largest absolute Gasteiger partial charge is 0.389 e. The third-order valence-electron chi connectivity index (χ3n) is 2.88. The molecule has 1 aliphatic carbocycles. The fourth-order valence-corrected chi connectivity index (χ4v) is 1.80. The van der Waals surface area contributed by atoms with Crippen LogP contribution in [0.2, 0.25) is 0 Å². The zero-order valence-electron chi connectivity index (χ0n) is 8.43. The van der Waals surface area contributed by atoms with Gasteiger partial charge in [-0.05, 0) is 12.8 Å². The number of hydrogen-bond acceptors (Lipinski definition) is 5. The summed E-state index contributed by atoms with van der Waals surface area (Å²) in [7, 11) is 0. The summed E-state index contributed by atoms with van der Waals surface area (Å²) in [5.74, 6) is 2.77. The number of anilines is 2. The van der Waals surface area contributed by atoms with Crippen molar-refractivity contribution < 1.29 is 5.11 Å². The summed E-state index contributed by atoms with van der Waals surface area (Å²) in [6, 6.07) is 1.78. The Bertz CT molecular complexity index is 385. The number of aliphatic hydroxyl groups excluding tert-OH is 1. The van der Waals surface area contributed by atoms with Crippen LogP contribution in [-0.4, -0.2) is 34.3 Å². The lowest BCUT2D eigenvalue weighted by molar-refractivity contribution is 0.141. The molecule has 0 unspecified atom stereocenters. The molecule has 1 aromatic rings. The van der Waals surface area contributed by atoms with Gasteiger partial charge in [-0.15, -0.1) is 0 Å². The quantitative estimate of drug-likeness (QED) is 0.718. The van der Waals surface area contributed by atoms with E-state index < -0.39 is 0 Å². The monoisotopic (exact) mass is 206 g/mol. The minimum Gasteiger partial charge on any atom is -0.389 e. The second kappa shape index (κ2) is 3.06. The van der Waals surface area contributed by atoms with E-state index in [1.165, 1.54) is 12.8 Å². The molecule has 1 saturated carbocycles. The molecule has 0 aromatic carbocycles. The van der Waals surface area contributed by atoms with Crippen molar-refractivity contribution in [2.75, 3.05) is 23.7 Å². The number of rotatable bonds is 2. The first-order valence-electron chi connectivity index (χ1n) is 5.30. The fraction of sp³-hybridized carbons (Fsp3) is 0.600. The van der Waals surface area contributed by atoms with Crippen molar-refractivity contribution in [1.82, 2.24) is 9.97 Å². The van der Waals surface area contributed by atoms with Crippen molar-refractivity contribution in [2.24, 2.45) is 0 Å². The van der Waals surface area contributed by atoms with Gasteiger partial charge in [0.25, 0.3) is 0 Å². The molecule has 1 saturated heterocycles. The normalized spacial score (nSPS) is 21.5. The number of β-amino-alcohol motifs (C(OH)–C–C–N with tert-alkyl or cyclic N) is 1. The Kier molecular flexibility index (Phi) is 1.82. The average Bonchev–Trinajstić information content (AvgIpc) is 2.94. The molecule has 80 valence electrons. The third-order valence-corrected chi connectivity index (χ3v) is 2.88. The highest BCUT2D eigenvalue weighted by Gasteiger charge is 2.30. The molecular formula is C10H14N4O. The van der Waals surface area contributed by atoms with Crippen molar-refractivity contribution in [3.8, 4) is 0 Å². The van der Waals surface area contributed by atoms with Crippen LogP contribution >= 0.6 is 0 Å². The van der Waals surface area contributed by atoms with E-state index in [9.17, 15) is 5.11 Å². The first-order valence-corrected chi connectivity index (χ1v) is 5.30. The van der Waals surface area contributed by atoms with Gasteiger partial charge in [-0.2, -0.15) is 0 Å². The molecule has 0 spiro atoms. The summed E-state index contributed by atoms with van der Waals surface area (Å²) in [4.78, 5) is 10.7. The Balaban J connectivity index is 1.87. The fourth-order valence-electron chi connectivity index (χ4n) is 1.80. The van der Waals surface area contributed by atoms with Gasteiger partial charge in [-0.25, -0.2) is 9.97 Å². The van der Waals surface area contributed by atoms with Crippen LogP contribution in [0.15, 0.2) is 6.07 Å². The number of aromatic nitrogens is 2. The third kappa shape index (κ3) is 1.63. The molecule has 15 heavy (non-hydrogen) atoms. The van der Waals surface area contributed by atoms with Crippen LogP contribution in [0.25, 0.3) is 0 Å². The maximum atomic E-state index is 9.22. The summed E-state index contributed by atoms with van der Waals surface area (Å²) in [5.41, 5.74) is 5.74. The molecule has 1 aromatic heterocycles. The molecule has 5 heteroatoms. The van der Waals surface area contributed by atoms with Gasteiger partial charge < -0.3 is 15.7 Å². The first-order chi connectivity index (χ1) is 7.22. The van der Waals surface area contributed by atoms with Gasteiger partial charge in [0.2, 0.25) is 0 Å². The number of aliphatic hydroxyl groups is 1. The van der Waals surface area contributed by atoms with Gasteiger partial charge in [-0.1, -0.05) is 0 Å². The number of nitrogen functional groups attached to an aromatic ring is 1. The molecule has 0 bridgehead atoms. The molecule has 3 rings (SSSR count). The summed E-state index contributed by atoms with van der Waals surface area (Å²) < 4.78 is 0. The van der Waals surface area contributed by atoms with E-state index in [0.717, 1.165) is 11.6 Å². The topological polar surface area (TPSA) is 75.3 Å². The highest BCUT2D eigenvalue weighted by atomic mass is 16.3. The summed E-state index contributed by atoms with van der Waals surface area (Å²) in [6.45, 7) is 1.31. The zero-order valence-corrected chi connectivity index (χ0v) is 8.43. The maximum absolute atomic E-state index is 9.22. The second-order valence-electron chi connectivity index (χ2n) is 4.34. The zero-order chi connectivity index (χ0) is 10.4. The van der Waals surface area contributed by atoms with Crippen molar-refractivity contribution in [3.63, 3.8) is 0 Å². The summed E-state index contributed by atoms with van der Waals surface area (Å²) in [5, 5.41) is 9.22. The van der Waals surface area contributed by atoms with Crippen molar-refractivity contribution in [2.45, 2.75) is 24.9 Å². The average molecular weight is 206 g/mol. The van der Waals surface area contributed by atoms with Crippen LogP contribution in [0, 0.1) is 0 Å². The Morgan fingerprint density at radius 3 is 2.67 bits per heavy atom. The van der Waals surface area contributed by atoms with Crippen LogP contribution in [-0.2, 0) is 0 Å². The van der Waals surface area contributed by atoms with Crippen LogP contribution in [0.3, 0.4) is 0 Å². The molecule has 2 aliphatic rings. The molecule has 0 amide bonds. The molecule has 1 aliphatic heterocycles. The number of nitrogens with zero attached hydrogens (tertiary/aromatic N) is 3. The van der Waals surface area contributed by atoms with Gasteiger partial charge >= 0.3 is 0 Å². The lowest BCUT2D eigenvalue weighted by atomic mass is 10.2. The Hall–Kier alpha value is -1.36. The van der Waals surface area contributed by atoms with Crippen LogP contribution < -0.4 is 10.6 Å². The number of hydrogen-bond donors (Lipinski definition) is 2. The van der Waals surface area contributed by atoms with E-state index in [2.05, 4.69) is 9.97 Å². The van der Waals surface area contributed by atoms with Crippen molar-refractivity contribution in [3.05, 3.63) is 11.9 Å². The van der Waals surface area contributed by atoms with Crippen molar-refractivity contribution >= 4 is 11.6 Å². The van der Waals surface area contributed by atoms with Gasteiger partial charge in [0.1, 0.15) is 17.5 Å². The van der Waals surface area contributed by atoms with Crippen LogP contribution in [0.4, 0.5) is 11.6 Å². The van der Waals surface area contributed by atoms with E-state index >= 15 is 0 Å². The highest BCUT2D eigenvalue weighted by Crippen LogP contribution is 2.39. The lowest BCUT2D eigenvalue weighted by Crippen LogP contribution is -2.51. The second-order valence-corrected chi connectivity index (χ2v) is 4.34. The SMILES string of the molecule is Nc1cc(N2CC(O)C2)nc(C2CC2)n1. The smallest absolute Gasteiger partial charge is 0.136 e. The predicted octanol–water partition coefficient (Wildman–Crippen LogP) is 0.117. The molecule has 3 N–H and O–H groups in total. The van der Waals surface area contributed by atoms with E-state index in [-0.39, 0.29) is 6.10 Å². The van der Waals surface area contributed by atoms with Gasteiger partial charge in [-0.3, -0.25) is 0 Å². The Labute approximate surface area is 87.9 Å². The van der Waals surface area contributed by atoms with Crippen molar-refractivity contribution in [1.29, 1.82) is 0 Å². The minimum absolute atomic E-state index is 0.217. The molecule has 0 radical (unpaired) electrons. The molecule has 0 atom stereocenters. The Morgan fingerprint density at radius 1 is 1.33 bits per heavy atom. The maximum Gasteiger partial charge on any atom is 0.136 e.